The Labute approximate surface area is 242 Å². The Kier molecular flexibility index (Phi) is 9.53. The highest BCUT2D eigenvalue weighted by Crippen LogP contribution is 2.35. The van der Waals surface area contributed by atoms with Crippen molar-refractivity contribution in [2.24, 2.45) is 5.10 Å². The molecule has 4 N–H and O–H groups in total. The molecule has 1 aliphatic heterocycles. The van der Waals surface area contributed by atoms with E-state index in [1.54, 1.807) is 31.2 Å². The topological polar surface area (TPSA) is 144 Å². The zero-order valence-electron chi connectivity index (χ0n) is 23.0. The molecule has 12 heteroatoms. The van der Waals surface area contributed by atoms with Gasteiger partial charge in [-0.15, -0.1) is 0 Å². The van der Waals surface area contributed by atoms with Gasteiger partial charge in [-0.3, -0.25) is 5.43 Å². The maximum absolute atomic E-state index is 12.4. The number of carbonyl (C=O) groups excluding carboxylic acids is 2. The first-order valence-electron chi connectivity index (χ1n) is 12.8. The lowest BCUT2D eigenvalue weighted by Gasteiger charge is -2.28. The molecule has 2 amide bonds. The van der Waals surface area contributed by atoms with Gasteiger partial charge in [-0.2, -0.15) is 5.10 Å². The third-order valence-electron chi connectivity index (χ3n) is 6.18. The summed E-state index contributed by atoms with van der Waals surface area (Å²) >= 11 is 6.11. The number of amides is 2. The molecule has 0 saturated carbocycles. The summed E-state index contributed by atoms with van der Waals surface area (Å²) in [6, 6.07) is 12.9. The van der Waals surface area contributed by atoms with Gasteiger partial charge in [-0.25, -0.2) is 9.59 Å². The average Bonchev–Trinajstić information content (AvgIpc) is 3.41. The molecule has 2 aromatic carbocycles. The van der Waals surface area contributed by atoms with Crippen LogP contribution in [0.2, 0.25) is 5.02 Å². The summed E-state index contributed by atoms with van der Waals surface area (Å²) in [6.45, 7) is 5.58. The van der Waals surface area contributed by atoms with Crippen molar-refractivity contribution in [3.63, 3.8) is 0 Å². The van der Waals surface area contributed by atoms with Crippen LogP contribution < -0.4 is 25.5 Å². The number of methoxy groups -OCH3 is 1. The van der Waals surface area contributed by atoms with E-state index in [2.05, 4.69) is 21.2 Å². The number of hydrogen-bond acceptors (Lipinski definition) is 9. The maximum atomic E-state index is 12.4. The third-order valence-corrected chi connectivity index (χ3v) is 6.41. The number of hydrazone groups is 1. The molecule has 1 aromatic heterocycles. The van der Waals surface area contributed by atoms with Crippen LogP contribution in [0.15, 0.2) is 69.3 Å². The van der Waals surface area contributed by atoms with Crippen molar-refractivity contribution < 1.29 is 33.3 Å². The Bertz CT molecular complexity index is 1480. The van der Waals surface area contributed by atoms with Crippen LogP contribution in [0.1, 0.15) is 36.8 Å². The first-order chi connectivity index (χ1) is 19.7. The van der Waals surface area contributed by atoms with E-state index in [0.717, 1.165) is 11.1 Å². The molecule has 0 aliphatic carbocycles. The molecule has 1 aliphatic rings. The summed E-state index contributed by atoms with van der Waals surface area (Å²) in [4.78, 5) is 24.5. The lowest BCUT2D eigenvalue weighted by atomic mass is 9.95. The first-order valence-corrected chi connectivity index (χ1v) is 13.2. The highest BCUT2D eigenvalue weighted by atomic mass is 35.5. The molecular weight excluding hydrogens is 552 g/mol. The number of urea groups is 1. The van der Waals surface area contributed by atoms with Crippen LogP contribution in [-0.2, 0) is 9.53 Å². The number of esters is 1. The van der Waals surface area contributed by atoms with Crippen molar-refractivity contribution in [1.29, 1.82) is 0 Å². The van der Waals surface area contributed by atoms with E-state index >= 15 is 0 Å². The number of rotatable bonds is 11. The number of benzene rings is 2. The summed E-state index contributed by atoms with van der Waals surface area (Å²) in [5, 5.41) is 20.3. The number of aliphatic hydroxyl groups excluding tert-OH is 1. The van der Waals surface area contributed by atoms with Crippen LogP contribution >= 0.6 is 11.6 Å². The van der Waals surface area contributed by atoms with Gasteiger partial charge in [-0.05, 0) is 68.3 Å². The second-order valence-corrected chi connectivity index (χ2v) is 9.51. The Morgan fingerprint density at radius 3 is 2.73 bits per heavy atom. The van der Waals surface area contributed by atoms with E-state index in [-0.39, 0.29) is 12.2 Å². The predicted octanol–water partition coefficient (Wildman–Crippen LogP) is 4.43. The van der Waals surface area contributed by atoms with Gasteiger partial charge in [0.1, 0.15) is 18.1 Å². The van der Waals surface area contributed by atoms with E-state index in [4.69, 9.17) is 30.2 Å². The Balaban J connectivity index is 1.40. The number of carbonyl (C=O) groups is 2. The zero-order valence-corrected chi connectivity index (χ0v) is 23.7. The van der Waals surface area contributed by atoms with Gasteiger partial charge >= 0.3 is 12.0 Å². The minimum atomic E-state index is -1.15. The van der Waals surface area contributed by atoms with Crippen LogP contribution in [0.3, 0.4) is 0 Å². The largest absolute Gasteiger partial charge is 0.490 e. The van der Waals surface area contributed by atoms with E-state index in [1.807, 2.05) is 38.1 Å². The standard InChI is InChI=1S/C29H31ClN4O7/c1-5-39-24-12-18(27-26(28(36)38-4)17(3)32-29(37)33-27)7-10-23(24)40-15-25(35)34-31-14-20-9-11-22(41-20)21-13-19(30)8-6-16(21)2/h6-14,25,27,34-35H,5,15H2,1-4H3,(H2,32,33,37)/b31-14+/t25-,27-/m0/s1. The van der Waals surface area contributed by atoms with Crippen molar-refractivity contribution in [2.45, 2.75) is 33.0 Å². The Hall–Kier alpha value is -4.48. The lowest BCUT2D eigenvalue weighted by molar-refractivity contribution is -0.136. The summed E-state index contributed by atoms with van der Waals surface area (Å²) in [6.07, 6.45) is 0.291. The summed E-state index contributed by atoms with van der Waals surface area (Å²) in [7, 11) is 1.27. The molecular formula is C29H31ClN4O7. The van der Waals surface area contributed by atoms with Crippen LogP contribution in [0, 0.1) is 6.92 Å². The lowest BCUT2D eigenvalue weighted by Crippen LogP contribution is -2.45. The second kappa shape index (κ2) is 13.2. The molecule has 0 radical (unpaired) electrons. The summed E-state index contributed by atoms with van der Waals surface area (Å²) in [5.74, 6) is 1.28. The number of allylic oxidation sites excluding steroid dienone is 1. The normalized spacial score (nSPS) is 15.8. The van der Waals surface area contributed by atoms with Crippen molar-refractivity contribution in [3.8, 4) is 22.8 Å². The predicted molar refractivity (Wildman–Crippen MR) is 153 cm³/mol. The van der Waals surface area contributed by atoms with Crippen molar-refractivity contribution in [2.75, 3.05) is 20.3 Å². The number of ether oxygens (including phenoxy) is 3. The van der Waals surface area contributed by atoms with Crippen molar-refractivity contribution in [3.05, 3.63) is 81.7 Å². The quantitative estimate of drug-likeness (QED) is 0.112. The number of halogens is 1. The third kappa shape index (κ3) is 7.19. The van der Waals surface area contributed by atoms with Gasteiger partial charge in [0.15, 0.2) is 17.7 Å². The number of furan rings is 1. The van der Waals surface area contributed by atoms with Gasteiger partial charge in [0.25, 0.3) is 0 Å². The highest BCUT2D eigenvalue weighted by Gasteiger charge is 2.32. The average molecular weight is 583 g/mol. The van der Waals surface area contributed by atoms with Crippen LogP contribution in [0.4, 0.5) is 4.79 Å². The molecule has 2 atom stereocenters. The van der Waals surface area contributed by atoms with E-state index in [0.29, 0.717) is 45.9 Å². The van der Waals surface area contributed by atoms with Crippen LogP contribution in [0.25, 0.3) is 11.3 Å². The van der Waals surface area contributed by atoms with Gasteiger partial charge in [-0.1, -0.05) is 23.7 Å². The molecule has 4 rings (SSSR count). The summed E-state index contributed by atoms with van der Waals surface area (Å²) < 4.78 is 22.2. The van der Waals surface area contributed by atoms with E-state index < -0.39 is 24.3 Å². The molecule has 0 fully saturated rings. The number of hydrogen-bond donors (Lipinski definition) is 4. The number of nitrogens with zero attached hydrogens (tertiary/aromatic N) is 1. The molecule has 11 nitrogen and oxygen atoms in total. The molecule has 3 aromatic rings. The minimum absolute atomic E-state index is 0.154. The van der Waals surface area contributed by atoms with Crippen LogP contribution in [-0.4, -0.2) is 49.9 Å². The number of nitrogens with one attached hydrogen (secondary N) is 3. The SMILES string of the molecule is CCOc1cc([C@@H]2NC(=O)NC(C)=C2C(=O)OC)ccc1OC[C@H](O)N/N=C/c1ccc(-c2cc(Cl)ccc2C)o1. The van der Waals surface area contributed by atoms with Crippen molar-refractivity contribution in [1.82, 2.24) is 16.1 Å². The van der Waals surface area contributed by atoms with E-state index in [1.165, 1.54) is 13.3 Å². The Morgan fingerprint density at radius 2 is 1.98 bits per heavy atom. The molecule has 0 saturated heterocycles. The van der Waals surface area contributed by atoms with Gasteiger partial charge in [0.2, 0.25) is 0 Å². The minimum Gasteiger partial charge on any atom is -0.490 e. The zero-order chi connectivity index (χ0) is 29.5. The molecule has 216 valence electrons. The van der Waals surface area contributed by atoms with Crippen LogP contribution in [0.5, 0.6) is 11.5 Å². The molecule has 0 bridgehead atoms. The summed E-state index contributed by atoms with van der Waals surface area (Å²) in [5.41, 5.74) is 5.74. The van der Waals surface area contributed by atoms with Crippen molar-refractivity contribution >= 4 is 29.8 Å². The number of aryl methyl sites for hydroxylation is 1. The monoisotopic (exact) mass is 582 g/mol. The number of aliphatic hydroxyl groups is 1. The molecule has 0 spiro atoms. The maximum Gasteiger partial charge on any atom is 0.337 e. The highest BCUT2D eigenvalue weighted by molar-refractivity contribution is 6.30. The van der Waals surface area contributed by atoms with E-state index in [9.17, 15) is 14.7 Å². The smallest absolute Gasteiger partial charge is 0.337 e. The fraction of sp³-hybridized carbons (Fsp3) is 0.276. The molecule has 0 unspecified atom stereocenters. The first kappa shape index (κ1) is 29.5. The van der Waals surface area contributed by atoms with Gasteiger partial charge < -0.3 is 34.4 Å². The second-order valence-electron chi connectivity index (χ2n) is 9.08. The fourth-order valence-corrected chi connectivity index (χ4v) is 4.41. The molecule has 2 heterocycles. The van der Waals surface area contributed by atoms with Gasteiger partial charge in [0, 0.05) is 16.3 Å². The van der Waals surface area contributed by atoms with Gasteiger partial charge in [0.05, 0.1) is 31.5 Å². The molecule has 41 heavy (non-hydrogen) atoms. The fourth-order valence-electron chi connectivity index (χ4n) is 4.24. The Morgan fingerprint density at radius 1 is 1.17 bits per heavy atom.